The molecule has 10 heteroatoms. The van der Waals surface area contributed by atoms with Gasteiger partial charge in [0.25, 0.3) is 11.8 Å². The molecule has 0 saturated carbocycles. The minimum Gasteiger partial charge on any atom is -0.457 e. The molecule has 8 nitrogen and oxygen atoms in total. The molecule has 152 valence electrons. The Labute approximate surface area is 176 Å². The van der Waals surface area contributed by atoms with Crippen molar-refractivity contribution in [2.24, 2.45) is 5.14 Å². The first kappa shape index (κ1) is 19.9. The Hall–Kier alpha value is -3.40. The highest BCUT2D eigenvalue weighted by Gasteiger charge is 2.34. The zero-order valence-corrected chi connectivity index (χ0v) is 16.8. The van der Waals surface area contributed by atoms with Crippen LogP contribution in [0.15, 0.2) is 75.5 Å². The van der Waals surface area contributed by atoms with Gasteiger partial charge in [-0.1, -0.05) is 17.7 Å². The van der Waals surface area contributed by atoms with Gasteiger partial charge in [0.15, 0.2) is 0 Å². The van der Waals surface area contributed by atoms with E-state index in [0.29, 0.717) is 22.0 Å². The standard InChI is InChI=1S/C20H14ClN3O5S/c21-13-2-1-3-14(10-13)24-20(26)17(19(25)23-24)11-15-6-9-18(29-15)12-4-7-16(8-5-12)30(22,27)28/h1-11H,(H,23,25)(H2,22,27,28). The van der Waals surface area contributed by atoms with Crippen molar-refractivity contribution < 1.29 is 22.4 Å². The van der Waals surface area contributed by atoms with Crippen LogP contribution in [0.1, 0.15) is 5.76 Å². The number of carbonyl (C=O) groups excluding carboxylic acids is 2. The quantitative estimate of drug-likeness (QED) is 0.474. The number of benzene rings is 2. The van der Waals surface area contributed by atoms with Crippen LogP contribution in [-0.2, 0) is 19.6 Å². The van der Waals surface area contributed by atoms with Gasteiger partial charge >= 0.3 is 0 Å². The van der Waals surface area contributed by atoms with Gasteiger partial charge in [-0.05, 0) is 60.7 Å². The number of sulfonamides is 1. The Morgan fingerprint density at radius 3 is 2.43 bits per heavy atom. The Balaban J connectivity index is 1.59. The van der Waals surface area contributed by atoms with Gasteiger partial charge in [-0.2, -0.15) is 0 Å². The van der Waals surface area contributed by atoms with E-state index in [-0.39, 0.29) is 16.2 Å². The van der Waals surface area contributed by atoms with E-state index in [1.165, 1.54) is 18.2 Å². The van der Waals surface area contributed by atoms with E-state index in [1.807, 2.05) is 0 Å². The second-order valence-electron chi connectivity index (χ2n) is 6.39. The summed E-state index contributed by atoms with van der Waals surface area (Å²) in [4.78, 5) is 24.9. The molecule has 1 aromatic heterocycles. The van der Waals surface area contributed by atoms with Crippen LogP contribution in [0.25, 0.3) is 17.4 Å². The van der Waals surface area contributed by atoms with Crippen molar-refractivity contribution in [2.75, 3.05) is 5.01 Å². The van der Waals surface area contributed by atoms with E-state index in [1.54, 1.807) is 48.5 Å². The number of rotatable bonds is 4. The summed E-state index contributed by atoms with van der Waals surface area (Å²) in [5, 5.41) is 6.62. The lowest BCUT2D eigenvalue weighted by atomic mass is 10.2. The summed E-state index contributed by atoms with van der Waals surface area (Å²) >= 11 is 5.95. The molecule has 2 aromatic carbocycles. The topological polar surface area (TPSA) is 123 Å². The van der Waals surface area contributed by atoms with Gasteiger partial charge < -0.3 is 4.42 Å². The molecule has 0 radical (unpaired) electrons. The highest BCUT2D eigenvalue weighted by atomic mass is 35.5. The molecule has 0 atom stereocenters. The van der Waals surface area contributed by atoms with Crippen LogP contribution in [0.5, 0.6) is 0 Å². The van der Waals surface area contributed by atoms with Crippen molar-refractivity contribution in [1.82, 2.24) is 5.43 Å². The number of nitrogens with zero attached hydrogens (tertiary/aromatic N) is 1. The molecular formula is C20H14ClN3O5S. The minimum absolute atomic E-state index is 0.0190. The van der Waals surface area contributed by atoms with Crippen molar-refractivity contribution in [1.29, 1.82) is 0 Å². The fraction of sp³-hybridized carbons (Fsp3) is 0. The van der Waals surface area contributed by atoms with Crippen LogP contribution in [0, 0.1) is 0 Å². The van der Waals surface area contributed by atoms with Crippen LogP contribution in [-0.4, -0.2) is 20.2 Å². The molecular weight excluding hydrogens is 430 g/mol. The molecule has 4 rings (SSSR count). The number of hydrogen-bond donors (Lipinski definition) is 2. The van der Waals surface area contributed by atoms with E-state index in [4.69, 9.17) is 21.2 Å². The maximum absolute atomic E-state index is 12.7. The predicted molar refractivity (Wildman–Crippen MR) is 111 cm³/mol. The van der Waals surface area contributed by atoms with E-state index >= 15 is 0 Å². The highest BCUT2D eigenvalue weighted by molar-refractivity contribution is 7.89. The fourth-order valence-corrected chi connectivity index (χ4v) is 3.59. The summed E-state index contributed by atoms with van der Waals surface area (Å²) in [5.74, 6) is -0.402. The molecule has 0 unspecified atom stereocenters. The molecule has 0 aliphatic carbocycles. The van der Waals surface area contributed by atoms with Gasteiger partial charge in [0, 0.05) is 10.6 Å². The summed E-state index contributed by atoms with van der Waals surface area (Å²) in [5.41, 5.74) is 3.42. The van der Waals surface area contributed by atoms with E-state index < -0.39 is 21.8 Å². The second-order valence-corrected chi connectivity index (χ2v) is 8.39. The van der Waals surface area contributed by atoms with Crippen molar-refractivity contribution in [3.05, 3.63) is 77.0 Å². The maximum Gasteiger partial charge on any atom is 0.282 e. The zero-order valence-electron chi connectivity index (χ0n) is 15.2. The molecule has 0 spiro atoms. The number of nitrogens with two attached hydrogens (primary N) is 1. The summed E-state index contributed by atoms with van der Waals surface area (Å²) in [6, 6.07) is 15.6. The Morgan fingerprint density at radius 1 is 1.03 bits per heavy atom. The van der Waals surface area contributed by atoms with Crippen LogP contribution in [0.2, 0.25) is 5.02 Å². The molecule has 1 aliphatic heterocycles. The first-order valence-electron chi connectivity index (χ1n) is 8.58. The first-order chi connectivity index (χ1) is 14.2. The third-order valence-electron chi connectivity index (χ3n) is 4.34. The largest absolute Gasteiger partial charge is 0.457 e. The molecule has 2 heterocycles. The number of nitrogens with one attached hydrogen (secondary N) is 1. The smallest absolute Gasteiger partial charge is 0.282 e. The molecule has 1 fully saturated rings. The van der Waals surface area contributed by atoms with Crippen LogP contribution in [0.4, 0.5) is 5.69 Å². The number of hydrazine groups is 1. The maximum atomic E-state index is 12.7. The number of primary sulfonamides is 1. The van der Waals surface area contributed by atoms with Crippen LogP contribution < -0.4 is 15.6 Å². The number of amides is 2. The monoisotopic (exact) mass is 443 g/mol. The molecule has 1 aliphatic rings. The first-order valence-corrected chi connectivity index (χ1v) is 10.5. The Morgan fingerprint density at radius 2 is 1.77 bits per heavy atom. The van der Waals surface area contributed by atoms with Crippen LogP contribution >= 0.6 is 11.6 Å². The molecule has 0 bridgehead atoms. The lowest BCUT2D eigenvalue weighted by Crippen LogP contribution is -2.35. The van der Waals surface area contributed by atoms with Gasteiger partial charge in [-0.3, -0.25) is 15.0 Å². The predicted octanol–water partition coefficient (Wildman–Crippen LogP) is 2.71. The number of anilines is 1. The molecule has 3 N–H and O–H groups in total. The summed E-state index contributed by atoms with van der Waals surface area (Å²) < 4.78 is 28.4. The van der Waals surface area contributed by atoms with Crippen LogP contribution in [0.3, 0.4) is 0 Å². The Kier molecular flexibility index (Phi) is 4.94. The lowest BCUT2D eigenvalue weighted by Gasteiger charge is -2.14. The van der Waals surface area contributed by atoms with Crippen molar-refractivity contribution in [3.8, 4) is 11.3 Å². The van der Waals surface area contributed by atoms with E-state index in [9.17, 15) is 18.0 Å². The number of halogens is 1. The van der Waals surface area contributed by atoms with Crippen molar-refractivity contribution >= 4 is 45.2 Å². The highest BCUT2D eigenvalue weighted by Crippen LogP contribution is 2.27. The van der Waals surface area contributed by atoms with Crippen molar-refractivity contribution in [2.45, 2.75) is 4.90 Å². The number of furan rings is 1. The average molecular weight is 444 g/mol. The summed E-state index contributed by atoms with van der Waals surface area (Å²) in [7, 11) is -3.79. The van der Waals surface area contributed by atoms with Gasteiger partial charge in [0.1, 0.15) is 17.1 Å². The van der Waals surface area contributed by atoms with Gasteiger partial charge in [-0.25, -0.2) is 18.6 Å². The van der Waals surface area contributed by atoms with E-state index in [2.05, 4.69) is 5.43 Å². The molecule has 1 saturated heterocycles. The van der Waals surface area contributed by atoms with Gasteiger partial charge in [0.05, 0.1) is 10.6 Å². The number of carbonyl (C=O) groups is 2. The summed E-state index contributed by atoms with van der Waals surface area (Å²) in [6.45, 7) is 0. The molecule has 3 aromatic rings. The normalized spacial score (nSPS) is 15.7. The fourth-order valence-electron chi connectivity index (χ4n) is 2.89. The minimum atomic E-state index is -3.79. The average Bonchev–Trinajstić information content (AvgIpc) is 3.28. The molecule has 30 heavy (non-hydrogen) atoms. The van der Waals surface area contributed by atoms with Crippen molar-refractivity contribution in [3.63, 3.8) is 0 Å². The number of hydrogen-bond acceptors (Lipinski definition) is 5. The zero-order chi connectivity index (χ0) is 21.5. The second kappa shape index (κ2) is 7.45. The third-order valence-corrected chi connectivity index (χ3v) is 5.50. The van der Waals surface area contributed by atoms with Gasteiger partial charge in [-0.15, -0.1) is 0 Å². The Bertz CT molecular complexity index is 1300. The van der Waals surface area contributed by atoms with Gasteiger partial charge in [0.2, 0.25) is 10.0 Å². The van der Waals surface area contributed by atoms with E-state index in [0.717, 1.165) is 5.01 Å². The summed E-state index contributed by atoms with van der Waals surface area (Å²) in [6.07, 6.45) is 1.34. The SMILES string of the molecule is NS(=O)(=O)c1ccc(-c2ccc(C=C3C(=O)NN(c4cccc(Cl)c4)C3=O)o2)cc1. The molecule has 2 amide bonds. The third kappa shape index (κ3) is 3.86. The lowest BCUT2D eigenvalue weighted by molar-refractivity contribution is -0.117.